The molecule has 0 aliphatic carbocycles. The van der Waals surface area contributed by atoms with E-state index in [4.69, 9.17) is 11.6 Å². The number of carbonyl (C=O) groups excluding carboxylic acids is 2. The SMILES string of the molecule is COC(=O)c1nc(C)ccc1OC(=O)Cl. The van der Waals surface area contributed by atoms with E-state index in [9.17, 15) is 9.59 Å². The fourth-order valence-corrected chi connectivity index (χ4v) is 1.04. The molecule has 0 saturated carbocycles. The van der Waals surface area contributed by atoms with Crippen molar-refractivity contribution < 1.29 is 19.1 Å². The Balaban J connectivity index is 3.14. The summed E-state index contributed by atoms with van der Waals surface area (Å²) in [7, 11) is 1.21. The van der Waals surface area contributed by atoms with Crippen LogP contribution < -0.4 is 4.74 Å². The molecule has 0 aromatic carbocycles. The molecule has 15 heavy (non-hydrogen) atoms. The van der Waals surface area contributed by atoms with Gasteiger partial charge < -0.3 is 9.47 Å². The molecule has 1 aromatic heterocycles. The molecular weight excluding hydrogens is 222 g/mol. The molecule has 1 rings (SSSR count). The molecule has 80 valence electrons. The van der Waals surface area contributed by atoms with E-state index in [-0.39, 0.29) is 11.4 Å². The molecule has 0 atom stereocenters. The number of carbonyl (C=O) groups is 2. The monoisotopic (exact) mass is 229 g/mol. The van der Waals surface area contributed by atoms with Gasteiger partial charge >= 0.3 is 11.4 Å². The van der Waals surface area contributed by atoms with Crippen LogP contribution in [0.4, 0.5) is 4.79 Å². The number of aryl methyl sites for hydroxylation is 1. The zero-order chi connectivity index (χ0) is 11.4. The van der Waals surface area contributed by atoms with Gasteiger partial charge in [0.1, 0.15) is 0 Å². The molecule has 0 aliphatic rings. The lowest BCUT2D eigenvalue weighted by Gasteiger charge is -2.05. The van der Waals surface area contributed by atoms with Crippen molar-refractivity contribution in [1.82, 2.24) is 4.98 Å². The molecule has 0 saturated heterocycles. The fraction of sp³-hybridized carbons (Fsp3) is 0.222. The summed E-state index contributed by atoms with van der Waals surface area (Å²) in [6, 6.07) is 3.01. The molecule has 0 N–H and O–H groups in total. The molecule has 1 heterocycles. The zero-order valence-electron chi connectivity index (χ0n) is 8.11. The third-order valence-corrected chi connectivity index (χ3v) is 1.64. The summed E-state index contributed by atoms with van der Waals surface area (Å²) in [5.41, 5.74) is -0.512. The summed E-state index contributed by atoms with van der Waals surface area (Å²) < 4.78 is 9.06. The van der Waals surface area contributed by atoms with Gasteiger partial charge in [0.2, 0.25) is 0 Å². The number of halogens is 1. The summed E-state index contributed by atoms with van der Waals surface area (Å²) in [6.45, 7) is 1.69. The minimum absolute atomic E-state index is 0.0209. The van der Waals surface area contributed by atoms with Crippen LogP contribution in [0.1, 0.15) is 16.2 Å². The van der Waals surface area contributed by atoms with Crippen LogP contribution in [-0.4, -0.2) is 23.5 Å². The summed E-state index contributed by atoms with van der Waals surface area (Å²) in [6.07, 6.45) is 0. The van der Waals surface area contributed by atoms with E-state index in [1.807, 2.05) is 0 Å². The van der Waals surface area contributed by atoms with Crippen molar-refractivity contribution >= 4 is 23.0 Å². The molecule has 1 aromatic rings. The molecule has 0 radical (unpaired) electrons. The standard InChI is InChI=1S/C9H8ClNO4/c1-5-3-4-6(15-9(10)13)7(11-5)8(12)14-2/h3-4H,1-2H3. The first kappa shape index (κ1) is 11.5. The van der Waals surface area contributed by atoms with Gasteiger partial charge in [-0.15, -0.1) is 0 Å². The summed E-state index contributed by atoms with van der Waals surface area (Å²) in [4.78, 5) is 25.7. The third-order valence-electron chi connectivity index (χ3n) is 1.57. The minimum atomic E-state index is -1.04. The maximum atomic E-state index is 11.2. The predicted octanol–water partition coefficient (Wildman–Crippen LogP) is 1.91. The van der Waals surface area contributed by atoms with Crippen LogP contribution in [-0.2, 0) is 4.74 Å². The normalized spacial score (nSPS) is 9.53. The number of nitrogens with zero attached hydrogens (tertiary/aromatic N) is 1. The van der Waals surface area contributed by atoms with Crippen LogP contribution in [0.5, 0.6) is 5.75 Å². The molecule has 0 aliphatic heterocycles. The Kier molecular flexibility index (Phi) is 3.62. The van der Waals surface area contributed by atoms with Crippen molar-refractivity contribution in [2.24, 2.45) is 0 Å². The van der Waals surface area contributed by atoms with Crippen LogP contribution in [0.25, 0.3) is 0 Å². The summed E-state index contributed by atoms with van der Waals surface area (Å²) >= 11 is 5.03. The van der Waals surface area contributed by atoms with Crippen molar-refractivity contribution in [3.05, 3.63) is 23.5 Å². The van der Waals surface area contributed by atoms with E-state index in [1.165, 1.54) is 13.2 Å². The van der Waals surface area contributed by atoms with Gasteiger partial charge in [0.25, 0.3) is 0 Å². The van der Waals surface area contributed by atoms with E-state index in [1.54, 1.807) is 13.0 Å². The Hall–Kier alpha value is -1.62. The predicted molar refractivity (Wildman–Crippen MR) is 52.2 cm³/mol. The molecule has 0 unspecified atom stereocenters. The number of esters is 1. The van der Waals surface area contributed by atoms with Gasteiger partial charge in [-0.1, -0.05) is 0 Å². The quantitative estimate of drug-likeness (QED) is 0.573. The van der Waals surface area contributed by atoms with E-state index < -0.39 is 11.4 Å². The Morgan fingerprint density at radius 3 is 2.60 bits per heavy atom. The van der Waals surface area contributed by atoms with Gasteiger partial charge in [-0.3, -0.25) is 0 Å². The highest BCUT2D eigenvalue weighted by Gasteiger charge is 2.16. The number of hydrogen-bond acceptors (Lipinski definition) is 5. The van der Waals surface area contributed by atoms with Crippen molar-refractivity contribution in [3.8, 4) is 5.75 Å². The molecule has 0 amide bonds. The lowest BCUT2D eigenvalue weighted by Crippen LogP contribution is -2.09. The van der Waals surface area contributed by atoms with Crippen molar-refractivity contribution in [2.45, 2.75) is 6.92 Å². The van der Waals surface area contributed by atoms with Crippen molar-refractivity contribution in [3.63, 3.8) is 0 Å². The van der Waals surface area contributed by atoms with Gasteiger partial charge in [0, 0.05) is 17.3 Å². The second kappa shape index (κ2) is 4.75. The van der Waals surface area contributed by atoms with E-state index in [0.29, 0.717) is 5.69 Å². The van der Waals surface area contributed by atoms with Crippen LogP contribution >= 0.6 is 11.6 Å². The summed E-state index contributed by atoms with van der Waals surface area (Å²) in [5, 5.41) is 0. The summed E-state index contributed by atoms with van der Waals surface area (Å²) in [5.74, 6) is -0.709. The molecule has 6 heteroatoms. The van der Waals surface area contributed by atoms with Crippen LogP contribution in [0.3, 0.4) is 0 Å². The number of hydrogen-bond donors (Lipinski definition) is 0. The number of ether oxygens (including phenoxy) is 2. The lowest BCUT2D eigenvalue weighted by atomic mass is 10.3. The van der Waals surface area contributed by atoms with Gasteiger partial charge in [-0.25, -0.2) is 14.6 Å². The minimum Gasteiger partial charge on any atom is -0.464 e. The van der Waals surface area contributed by atoms with Crippen molar-refractivity contribution in [2.75, 3.05) is 7.11 Å². The van der Waals surface area contributed by atoms with Gasteiger partial charge in [-0.2, -0.15) is 0 Å². The Labute approximate surface area is 91.0 Å². The fourth-order valence-electron chi connectivity index (χ4n) is 0.956. The lowest BCUT2D eigenvalue weighted by molar-refractivity contribution is 0.0591. The highest BCUT2D eigenvalue weighted by molar-refractivity contribution is 6.61. The highest BCUT2D eigenvalue weighted by atomic mass is 35.5. The van der Waals surface area contributed by atoms with E-state index >= 15 is 0 Å². The first-order chi connectivity index (χ1) is 7.04. The molecule has 5 nitrogen and oxygen atoms in total. The first-order valence-electron chi connectivity index (χ1n) is 3.98. The first-order valence-corrected chi connectivity index (χ1v) is 4.35. The van der Waals surface area contributed by atoms with Gasteiger partial charge in [0.05, 0.1) is 7.11 Å². The smallest absolute Gasteiger partial charge is 0.409 e. The van der Waals surface area contributed by atoms with Crippen LogP contribution in [0.2, 0.25) is 0 Å². The van der Waals surface area contributed by atoms with Gasteiger partial charge in [0.15, 0.2) is 11.4 Å². The van der Waals surface area contributed by atoms with E-state index in [0.717, 1.165) is 0 Å². The van der Waals surface area contributed by atoms with Crippen LogP contribution in [0.15, 0.2) is 12.1 Å². The number of methoxy groups -OCH3 is 1. The number of pyridine rings is 1. The van der Waals surface area contributed by atoms with Crippen LogP contribution in [0, 0.1) is 6.92 Å². The van der Waals surface area contributed by atoms with Gasteiger partial charge in [-0.05, 0) is 19.1 Å². The third kappa shape index (κ3) is 2.92. The van der Waals surface area contributed by atoms with Crippen molar-refractivity contribution in [1.29, 1.82) is 0 Å². The zero-order valence-corrected chi connectivity index (χ0v) is 8.87. The molecule has 0 spiro atoms. The van der Waals surface area contributed by atoms with E-state index in [2.05, 4.69) is 14.5 Å². The highest BCUT2D eigenvalue weighted by Crippen LogP contribution is 2.18. The topological polar surface area (TPSA) is 65.5 Å². The second-order valence-corrected chi connectivity index (χ2v) is 2.94. The maximum absolute atomic E-state index is 11.2. The number of aromatic nitrogens is 1. The molecule has 0 bridgehead atoms. The molecule has 0 fully saturated rings. The maximum Gasteiger partial charge on any atom is 0.409 e. The average Bonchev–Trinajstić information content (AvgIpc) is 2.19. The second-order valence-electron chi connectivity index (χ2n) is 2.63. The Morgan fingerprint density at radius 2 is 2.07 bits per heavy atom. The largest absolute Gasteiger partial charge is 0.464 e. The Morgan fingerprint density at radius 1 is 1.40 bits per heavy atom. The molecular formula is C9H8ClNO4. The average molecular weight is 230 g/mol. The number of rotatable bonds is 2. The Bertz CT molecular complexity index is 405.